The summed E-state index contributed by atoms with van der Waals surface area (Å²) in [6.45, 7) is 0. The Bertz CT molecular complexity index is 1020. The second kappa shape index (κ2) is 3.72. The van der Waals surface area contributed by atoms with Gasteiger partial charge in [-0.15, -0.1) is 0 Å². The summed E-state index contributed by atoms with van der Waals surface area (Å²) >= 11 is 0. The van der Waals surface area contributed by atoms with Crippen molar-refractivity contribution in [1.82, 2.24) is 9.38 Å². The minimum atomic E-state index is 0.196. The normalized spacial score (nSPS) is 11.2. The molecular weight excluding hydrogens is 250 g/mol. The van der Waals surface area contributed by atoms with Crippen molar-refractivity contribution >= 4 is 27.6 Å². The van der Waals surface area contributed by atoms with Crippen molar-refractivity contribution < 1.29 is 5.11 Å². The van der Waals surface area contributed by atoms with E-state index in [9.17, 15) is 10.4 Å². The predicted molar refractivity (Wildman–Crippen MR) is 76.6 cm³/mol. The van der Waals surface area contributed by atoms with Gasteiger partial charge in [-0.1, -0.05) is 12.1 Å². The average molecular weight is 259 g/mol. The van der Waals surface area contributed by atoms with Crippen LogP contribution >= 0.6 is 0 Å². The molecule has 0 aliphatic carbocycles. The third kappa shape index (κ3) is 1.32. The highest BCUT2D eigenvalue weighted by Crippen LogP contribution is 2.27. The average Bonchev–Trinajstić information content (AvgIpc) is 2.86. The molecule has 0 aliphatic rings. The van der Waals surface area contributed by atoms with Gasteiger partial charge in [0.1, 0.15) is 11.8 Å². The number of phenolic OH excluding ortho intramolecular Hbond substituents is 1. The Hall–Kier alpha value is -3.06. The van der Waals surface area contributed by atoms with Gasteiger partial charge in [-0.25, -0.2) is 4.98 Å². The quantitative estimate of drug-likeness (QED) is 0.527. The van der Waals surface area contributed by atoms with Crippen LogP contribution in [0.1, 0.15) is 5.56 Å². The fourth-order valence-corrected chi connectivity index (χ4v) is 2.60. The molecule has 1 N–H and O–H groups in total. The second-order valence-corrected chi connectivity index (χ2v) is 4.67. The number of imidazole rings is 1. The molecule has 0 radical (unpaired) electrons. The van der Waals surface area contributed by atoms with E-state index in [4.69, 9.17) is 0 Å². The van der Waals surface area contributed by atoms with Gasteiger partial charge in [-0.3, -0.25) is 4.40 Å². The molecule has 4 aromatic rings. The highest BCUT2D eigenvalue weighted by atomic mass is 16.3. The zero-order valence-corrected chi connectivity index (χ0v) is 10.4. The van der Waals surface area contributed by atoms with Crippen LogP contribution in [0.4, 0.5) is 0 Å². The topological polar surface area (TPSA) is 61.3 Å². The maximum Gasteiger partial charge on any atom is 0.156 e. The smallest absolute Gasteiger partial charge is 0.156 e. The molecule has 94 valence electrons. The molecular formula is C16H9N3O. The summed E-state index contributed by atoms with van der Waals surface area (Å²) in [5.41, 5.74) is 3.74. The van der Waals surface area contributed by atoms with E-state index in [1.165, 1.54) is 0 Å². The molecule has 2 aromatic heterocycles. The Morgan fingerprint density at radius 3 is 2.75 bits per heavy atom. The fraction of sp³-hybridized carbons (Fsp3) is 0. The molecule has 2 heterocycles. The molecule has 2 aromatic carbocycles. The Labute approximate surface area is 114 Å². The van der Waals surface area contributed by atoms with Crippen LogP contribution in [0, 0.1) is 11.3 Å². The molecule has 4 rings (SSSR count). The van der Waals surface area contributed by atoms with Crippen molar-refractivity contribution in [3.05, 3.63) is 54.1 Å². The molecule has 0 spiro atoms. The Kier molecular flexibility index (Phi) is 2.01. The summed E-state index contributed by atoms with van der Waals surface area (Å²) < 4.78 is 1.92. The lowest BCUT2D eigenvalue weighted by molar-refractivity contribution is 0.476. The van der Waals surface area contributed by atoms with Crippen molar-refractivity contribution in [2.24, 2.45) is 0 Å². The number of hydrogen-bond acceptors (Lipinski definition) is 3. The molecule has 0 saturated heterocycles. The number of pyridine rings is 1. The summed E-state index contributed by atoms with van der Waals surface area (Å²) in [6, 6.07) is 16.8. The number of aromatic nitrogens is 2. The maximum absolute atomic E-state index is 9.73. The number of para-hydroxylation sites is 2. The first kappa shape index (κ1) is 10.8. The molecule has 4 nitrogen and oxygen atoms in total. The summed E-state index contributed by atoms with van der Waals surface area (Å²) in [6.07, 6.45) is 0. The van der Waals surface area contributed by atoms with Gasteiger partial charge < -0.3 is 5.11 Å². The van der Waals surface area contributed by atoms with Crippen LogP contribution < -0.4 is 0 Å². The van der Waals surface area contributed by atoms with E-state index in [1.807, 2.05) is 28.7 Å². The van der Waals surface area contributed by atoms with Crippen LogP contribution in [-0.4, -0.2) is 14.5 Å². The van der Waals surface area contributed by atoms with Gasteiger partial charge in [0.15, 0.2) is 5.65 Å². The van der Waals surface area contributed by atoms with Gasteiger partial charge in [-0.2, -0.15) is 5.26 Å². The minimum Gasteiger partial charge on any atom is -0.508 e. The Morgan fingerprint density at radius 2 is 1.90 bits per heavy atom. The van der Waals surface area contributed by atoms with Crippen molar-refractivity contribution in [1.29, 1.82) is 5.26 Å². The lowest BCUT2D eigenvalue weighted by Gasteiger charge is -2.05. The number of fused-ring (bicyclic) bond motifs is 5. The van der Waals surface area contributed by atoms with E-state index in [-0.39, 0.29) is 5.75 Å². The number of hydrogen-bond donors (Lipinski definition) is 1. The maximum atomic E-state index is 9.73. The van der Waals surface area contributed by atoms with E-state index in [0.29, 0.717) is 11.2 Å². The van der Waals surface area contributed by atoms with E-state index >= 15 is 0 Å². The van der Waals surface area contributed by atoms with E-state index in [1.54, 1.807) is 24.3 Å². The van der Waals surface area contributed by atoms with Crippen molar-refractivity contribution in [3.8, 4) is 11.8 Å². The third-order valence-electron chi connectivity index (χ3n) is 3.48. The monoisotopic (exact) mass is 259 g/mol. The first-order chi connectivity index (χ1) is 9.78. The van der Waals surface area contributed by atoms with Crippen LogP contribution in [0.2, 0.25) is 0 Å². The van der Waals surface area contributed by atoms with Crippen LogP contribution in [0.25, 0.3) is 27.6 Å². The number of phenols is 1. The minimum absolute atomic E-state index is 0.196. The molecule has 0 fully saturated rings. The first-order valence-electron chi connectivity index (χ1n) is 6.21. The van der Waals surface area contributed by atoms with Gasteiger partial charge in [0.05, 0.1) is 22.1 Å². The summed E-state index contributed by atoms with van der Waals surface area (Å²) in [5.74, 6) is 0.196. The van der Waals surface area contributed by atoms with E-state index in [2.05, 4.69) is 11.1 Å². The van der Waals surface area contributed by atoms with Crippen molar-refractivity contribution in [3.63, 3.8) is 0 Å². The van der Waals surface area contributed by atoms with Crippen molar-refractivity contribution in [2.45, 2.75) is 0 Å². The van der Waals surface area contributed by atoms with Gasteiger partial charge in [-0.05, 0) is 30.3 Å². The fourth-order valence-electron chi connectivity index (χ4n) is 2.60. The van der Waals surface area contributed by atoms with Crippen molar-refractivity contribution in [2.75, 3.05) is 0 Å². The van der Waals surface area contributed by atoms with Gasteiger partial charge >= 0.3 is 0 Å². The van der Waals surface area contributed by atoms with Gasteiger partial charge in [0.25, 0.3) is 0 Å². The number of benzene rings is 2. The molecule has 20 heavy (non-hydrogen) atoms. The zero-order chi connectivity index (χ0) is 13.7. The lowest BCUT2D eigenvalue weighted by Crippen LogP contribution is -1.92. The SMILES string of the molecule is N#Cc1cc2ccc(O)cc2n2c1nc1ccccc12. The summed E-state index contributed by atoms with van der Waals surface area (Å²) in [4.78, 5) is 4.52. The molecule has 0 amide bonds. The molecule has 0 bridgehead atoms. The zero-order valence-electron chi connectivity index (χ0n) is 10.4. The number of aromatic hydroxyl groups is 1. The van der Waals surface area contributed by atoms with Crippen LogP contribution in [0.3, 0.4) is 0 Å². The predicted octanol–water partition coefficient (Wildman–Crippen LogP) is 3.22. The molecule has 0 aliphatic heterocycles. The molecule has 0 unspecified atom stereocenters. The van der Waals surface area contributed by atoms with Crippen LogP contribution in [-0.2, 0) is 0 Å². The van der Waals surface area contributed by atoms with E-state index in [0.717, 1.165) is 21.9 Å². The van der Waals surface area contributed by atoms with Gasteiger partial charge in [0, 0.05) is 11.5 Å². The summed E-state index contributed by atoms with van der Waals surface area (Å²) in [5, 5.41) is 19.9. The second-order valence-electron chi connectivity index (χ2n) is 4.67. The highest BCUT2D eigenvalue weighted by Gasteiger charge is 2.12. The number of nitriles is 1. The summed E-state index contributed by atoms with van der Waals surface area (Å²) in [7, 11) is 0. The Morgan fingerprint density at radius 1 is 1.05 bits per heavy atom. The Balaban J connectivity index is 2.39. The highest BCUT2D eigenvalue weighted by molar-refractivity contribution is 5.93. The van der Waals surface area contributed by atoms with Crippen LogP contribution in [0.15, 0.2) is 48.5 Å². The molecule has 4 heteroatoms. The first-order valence-corrected chi connectivity index (χ1v) is 6.21. The lowest BCUT2D eigenvalue weighted by atomic mass is 10.1. The van der Waals surface area contributed by atoms with E-state index < -0.39 is 0 Å². The third-order valence-corrected chi connectivity index (χ3v) is 3.48. The van der Waals surface area contributed by atoms with Crippen LogP contribution in [0.5, 0.6) is 5.75 Å². The molecule has 0 atom stereocenters. The number of nitrogens with zero attached hydrogens (tertiary/aromatic N) is 3. The van der Waals surface area contributed by atoms with Gasteiger partial charge in [0.2, 0.25) is 0 Å². The standard InChI is InChI=1S/C16H9N3O/c17-9-11-7-10-5-6-12(20)8-15(10)19-14-4-2-1-3-13(14)18-16(11)19/h1-8,20H. The largest absolute Gasteiger partial charge is 0.508 e. The number of rotatable bonds is 0. The molecule has 0 saturated carbocycles.